The van der Waals surface area contributed by atoms with Crippen LogP contribution in [0.2, 0.25) is 0 Å². The van der Waals surface area contributed by atoms with Crippen LogP contribution in [-0.4, -0.2) is 38.8 Å². The van der Waals surface area contributed by atoms with E-state index in [-0.39, 0.29) is 5.92 Å². The quantitative estimate of drug-likeness (QED) is 0.886. The van der Waals surface area contributed by atoms with Crippen molar-refractivity contribution >= 4 is 5.97 Å². The maximum absolute atomic E-state index is 10.9. The van der Waals surface area contributed by atoms with Crippen LogP contribution in [0.5, 0.6) is 0 Å². The summed E-state index contributed by atoms with van der Waals surface area (Å²) in [6, 6.07) is 0.313. The van der Waals surface area contributed by atoms with E-state index in [4.69, 9.17) is 5.11 Å². The summed E-state index contributed by atoms with van der Waals surface area (Å²) >= 11 is 0. The SMILES string of the molecule is Cc1nn(C)cc1C(C)N1CCC(C(=O)O)CC1. The summed E-state index contributed by atoms with van der Waals surface area (Å²) in [5, 5.41) is 13.4. The molecule has 1 fully saturated rings. The Balaban J connectivity index is 2.01. The molecule has 1 saturated heterocycles. The second-order valence-electron chi connectivity index (χ2n) is 5.17. The first-order valence-corrected chi connectivity index (χ1v) is 6.46. The normalized spacial score (nSPS) is 19.9. The van der Waals surface area contributed by atoms with E-state index in [2.05, 4.69) is 23.1 Å². The van der Waals surface area contributed by atoms with Crippen molar-refractivity contribution in [2.45, 2.75) is 32.7 Å². The Labute approximate surface area is 107 Å². The molecule has 2 heterocycles. The van der Waals surface area contributed by atoms with Crippen molar-refractivity contribution < 1.29 is 9.90 Å². The molecule has 1 N–H and O–H groups in total. The van der Waals surface area contributed by atoms with Crippen LogP contribution in [0.1, 0.15) is 37.1 Å². The monoisotopic (exact) mass is 251 g/mol. The topological polar surface area (TPSA) is 58.4 Å². The number of carboxylic acid groups (broad SMARTS) is 1. The molecule has 1 aliphatic rings. The van der Waals surface area contributed by atoms with Crippen molar-refractivity contribution in [3.8, 4) is 0 Å². The van der Waals surface area contributed by atoms with E-state index < -0.39 is 5.97 Å². The van der Waals surface area contributed by atoms with Crippen molar-refractivity contribution in [1.29, 1.82) is 0 Å². The molecule has 1 unspecified atom stereocenters. The molecule has 1 aromatic rings. The Bertz CT molecular complexity index is 433. The first-order valence-electron chi connectivity index (χ1n) is 6.46. The van der Waals surface area contributed by atoms with Crippen molar-refractivity contribution in [1.82, 2.24) is 14.7 Å². The van der Waals surface area contributed by atoms with E-state index in [1.165, 1.54) is 5.56 Å². The van der Waals surface area contributed by atoms with Gasteiger partial charge in [0.25, 0.3) is 0 Å². The van der Waals surface area contributed by atoms with Gasteiger partial charge in [0, 0.05) is 24.8 Å². The van der Waals surface area contributed by atoms with E-state index >= 15 is 0 Å². The molecule has 5 heteroatoms. The first-order chi connectivity index (χ1) is 8.49. The fraction of sp³-hybridized carbons (Fsp3) is 0.692. The minimum Gasteiger partial charge on any atom is -0.481 e. The van der Waals surface area contributed by atoms with E-state index in [0.717, 1.165) is 31.6 Å². The molecule has 0 aliphatic carbocycles. The molecule has 0 amide bonds. The maximum atomic E-state index is 10.9. The lowest BCUT2D eigenvalue weighted by molar-refractivity contribution is -0.143. The molecule has 1 atom stereocenters. The van der Waals surface area contributed by atoms with Gasteiger partial charge >= 0.3 is 5.97 Å². The standard InChI is InChI=1S/C13H21N3O2/c1-9-12(8-15(3)14-9)10(2)16-6-4-11(5-7-16)13(17)18/h8,10-11H,4-7H2,1-3H3,(H,17,18). The Kier molecular flexibility index (Phi) is 3.71. The maximum Gasteiger partial charge on any atom is 0.306 e. The molecular formula is C13H21N3O2. The largest absolute Gasteiger partial charge is 0.481 e. The van der Waals surface area contributed by atoms with Gasteiger partial charge in [0.1, 0.15) is 0 Å². The summed E-state index contributed by atoms with van der Waals surface area (Å²) in [4.78, 5) is 13.3. The minimum absolute atomic E-state index is 0.163. The Morgan fingerprint density at radius 1 is 1.50 bits per heavy atom. The summed E-state index contributed by atoms with van der Waals surface area (Å²) in [6.45, 7) is 5.90. The fourth-order valence-corrected chi connectivity index (χ4v) is 2.76. The minimum atomic E-state index is -0.653. The fourth-order valence-electron chi connectivity index (χ4n) is 2.76. The Morgan fingerprint density at radius 2 is 2.11 bits per heavy atom. The highest BCUT2D eigenvalue weighted by Gasteiger charge is 2.28. The van der Waals surface area contributed by atoms with Gasteiger partial charge < -0.3 is 5.11 Å². The molecule has 1 aromatic heterocycles. The van der Waals surface area contributed by atoms with Crippen LogP contribution in [0.3, 0.4) is 0 Å². The zero-order valence-electron chi connectivity index (χ0n) is 11.3. The van der Waals surface area contributed by atoms with Gasteiger partial charge in [-0.2, -0.15) is 5.10 Å². The van der Waals surface area contributed by atoms with Crippen LogP contribution in [0.4, 0.5) is 0 Å². The average molecular weight is 251 g/mol. The number of carboxylic acids is 1. The second kappa shape index (κ2) is 5.10. The number of piperidine rings is 1. The second-order valence-corrected chi connectivity index (χ2v) is 5.17. The summed E-state index contributed by atoms with van der Waals surface area (Å²) in [7, 11) is 1.93. The highest BCUT2D eigenvalue weighted by atomic mass is 16.4. The lowest BCUT2D eigenvalue weighted by Gasteiger charge is -2.34. The number of aromatic nitrogens is 2. The molecule has 5 nitrogen and oxygen atoms in total. The zero-order valence-corrected chi connectivity index (χ0v) is 11.3. The smallest absolute Gasteiger partial charge is 0.306 e. The van der Waals surface area contributed by atoms with Crippen LogP contribution in [-0.2, 0) is 11.8 Å². The van der Waals surface area contributed by atoms with Gasteiger partial charge in [-0.1, -0.05) is 0 Å². The molecule has 0 aromatic carbocycles. The van der Waals surface area contributed by atoms with Gasteiger partial charge in [-0.25, -0.2) is 0 Å². The summed E-state index contributed by atoms with van der Waals surface area (Å²) in [5.41, 5.74) is 2.30. The third-order valence-corrected chi connectivity index (χ3v) is 3.93. The van der Waals surface area contributed by atoms with Crippen LogP contribution in [0.15, 0.2) is 6.20 Å². The Hall–Kier alpha value is -1.36. The molecule has 2 rings (SSSR count). The Morgan fingerprint density at radius 3 is 2.56 bits per heavy atom. The van der Waals surface area contributed by atoms with Crippen molar-refractivity contribution in [3.05, 3.63) is 17.5 Å². The van der Waals surface area contributed by atoms with Crippen molar-refractivity contribution in [2.24, 2.45) is 13.0 Å². The number of nitrogens with zero attached hydrogens (tertiary/aromatic N) is 3. The molecule has 0 bridgehead atoms. The molecule has 0 spiro atoms. The summed E-state index contributed by atoms with van der Waals surface area (Å²) in [5.74, 6) is -0.816. The first kappa shape index (κ1) is 13.1. The molecule has 100 valence electrons. The number of rotatable bonds is 3. The number of likely N-dealkylation sites (tertiary alicyclic amines) is 1. The molecule has 1 aliphatic heterocycles. The average Bonchev–Trinajstić information content (AvgIpc) is 2.67. The molecule has 0 saturated carbocycles. The lowest BCUT2D eigenvalue weighted by atomic mass is 9.95. The van der Waals surface area contributed by atoms with Gasteiger partial charge in [-0.15, -0.1) is 0 Å². The summed E-state index contributed by atoms with van der Waals surface area (Å²) < 4.78 is 1.84. The number of hydrogen-bond acceptors (Lipinski definition) is 3. The zero-order chi connectivity index (χ0) is 13.3. The van der Waals surface area contributed by atoms with Crippen molar-refractivity contribution in [2.75, 3.05) is 13.1 Å². The van der Waals surface area contributed by atoms with Crippen LogP contribution in [0.25, 0.3) is 0 Å². The molecular weight excluding hydrogens is 230 g/mol. The predicted molar refractivity (Wildman–Crippen MR) is 68.3 cm³/mol. The molecule has 18 heavy (non-hydrogen) atoms. The van der Waals surface area contributed by atoms with Crippen molar-refractivity contribution in [3.63, 3.8) is 0 Å². The van der Waals surface area contributed by atoms with Crippen LogP contribution < -0.4 is 0 Å². The van der Waals surface area contributed by atoms with E-state index in [1.807, 2.05) is 18.7 Å². The number of carbonyl (C=O) groups is 1. The van der Waals surface area contributed by atoms with Gasteiger partial charge in [0.2, 0.25) is 0 Å². The lowest BCUT2D eigenvalue weighted by Crippen LogP contribution is -2.37. The predicted octanol–water partition coefficient (Wildman–Crippen LogP) is 1.59. The third kappa shape index (κ3) is 2.56. The van der Waals surface area contributed by atoms with Gasteiger partial charge in [0.15, 0.2) is 0 Å². The number of aliphatic carboxylic acids is 1. The van der Waals surface area contributed by atoms with Gasteiger partial charge in [-0.05, 0) is 39.8 Å². The number of hydrogen-bond donors (Lipinski definition) is 1. The van der Waals surface area contributed by atoms with Gasteiger partial charge in [0.05, 0.1) is 11.6 Å². The summed E-state index contributed by atoms with van der Waals surface area (Å²) in [6.07, 6.45) is 3.56. The third-order valence-electron chi connectivity index (χ3n) is 3.93. The molecule has 0 radical (unpaired) electrons. The van der Waals surface area contributed by atoms with E-state index in [9.17, 15) is 4.79 Å². The van der Waals surface area contributed by atoms with Crippen LogP contribution in [0, 0.1) is 12.8 Å². The highest BCUT2D eigenvalue weighted by molar-refractivity contribution is 5.70. The number of aryl methyl sites for hydroxylation is 2. The van der Waals surface area contributed by atoms with E-state index in [0.29, 0.717) is 6.04 Å². The van der Waals surface area contributed by atoms with Gasteiger partial charge in [-0.3, -0.25) is 14.4 Å². The van der Waals surface area contributed by atoms with E-state index in [1.54, 1.807) is 0 Å². The van der Waals surface area contributed by atoms with Crippen LogP contribution >= 0.6 is 0 Å². The highest BCUT2D eigenvalue weighted by Crippen LogP contribution is 2.27.